The third-order valence-corrected chi connectivity index (χ3v) is 4.16. The van der Waals surface area contributed by atoms with Gasteiger partial charge in [-0.15, -0.1) is 3.89 Å². The maximum absolute atomic E-state index is 13.4. The fraction of sp³-hybridized carbons (Fsp3) is 0.417. The molecule has 1 rings (SSSR count). The first-order valence-corrected chi connectivity index (χ1v) is 6.89. The topological polar surface area (TPSA) is 72.5 Å². The highest BCUT2D eigenvalue weighted by molar-refractivity contribution is 7.86. The van der Waals surface area contributed by atoms with E-state index in [-0.39, 0.29) is 16.7 Å². The Morgan fingerprint density at radius 3 is 2.05 bits per heavy atom. The summed E-state index contributed by atoms with van der Waals surface area (Å²) in [6.45, 7) is 4.52. The molecule has 0 aliphatic carbocycles. The Hall–Kier alpha value is -1.63. The number of nitrogens with one attached hydrogen (secondary N) is 1. The van der Waals surface area contributed by atoms with Crippen molar-refractivity contribution in [2.75, 3.05) is 19.5 Å². The summed E-state index contributed by atoms with van der Waals surface area (Å²) < 4.78 is 40.6. The predicted octanol–water partition coefficient (Wildman–Crippen LogP) is 2.10. The highest BCUT2D eigenvalue weighted by Crippen LogP contribution is 2.34. The third-order valence-electron chi connectivity index (χ3n) is 3.06. The van der Waals surface area contributed by atoms with E-state index in [0.29, 0.717) is 11.3 Å². The molecule has 0 amide bonds. The van der Waals surface area contributed by atoms with Crippen LogP contribution in [0.25, 0.3) is 0 Å². The van der Waals surface area contributed by atoms with Gasteiger partial charge in [0.2, 0.25) is 0 Å². The molecule has 0 bridgehead atoms. The average Bonchev–Trinajstić information content (AvgIpc) is 2.26. The normalized spacial score (nSPS) is 11.3. The lowest BCUT2D eigenvalue weighted by atomic mass is 9.97. The molecular formula is C12H16FNO4S. The highest BCUT2D eigenvalue weighted by atomic mass is 32.3. The number of hydrogen-bond acceptors (Lipinski definition) is 5. The van der Waals surface area contributed by atoms with Gasteiger partial charge >= 0.3 is 16.2 Å². The Balaban J connectivity index is 3.93. The van der Waals surface area contributed by atoms with Crippen LogP contribution in [0.4, 0.5) is 9.57 Å². The molecule has 19 heavy (non-hydrogen) atoms. The molecule has 0 saturated carbocycles. The van der Waals surface area contributed by atoms with E-state index < -0.39 is 21.1 Å². The van der Waals surface area contributed by atoms with Crippen molar-refractivity contribution in [1.82, 2.24) is 0 Å². The van der Waals surface area contributed by atoms with Crippen molar-refractivity contribution in [2.24, 2.45) is 0 Å². The van der Waals surface area contributed by atoms with E-state index in [1.165, 1.54) is 21.0 Å². The van der Waals surface area contributed by atoms with Gasteiger partial charge in [-0.25, -0.2) is 4.79 Å². The number of methoxy groups -OCH3 is 1. The van der Waals surface area contributed by atoms with Crippen molar-refractivity contribution >= 4 is 21.9 Å². The van der Waals surface area contributed by atoms with E-state index in [0.717, 1.165) is 0 Å². The lowest BCUT2D eigenvalue weighted by molar-refractivity contribution is 0.0599. The van der Waals surface area contributed by atoms with Crippen LogP contribution >= 0.6 is 0 Å². The number of carbonyl (C=O) groups is 1. The summed E-state index contributed by atoms with van der Waals surface area (Å²) >= 11 is 0. The number of anilines is 1. The summed E-state index contributed by atoms with van der Waals surface area (Å²) in [6.07, 6.45) is 0. The lowest BCUT2D eigenvalue weighted by Crippen LogP contribution is -2.14. The molecule has 0 saturated heterocycles. The molecule has 0 atom stereocenters. The number of esters is 1. The van der Waals surface area contributed by atoms with Crippen molar-refractivity contribution in [3.8, 4) is 0 Å². The number of rotatable bonds is 3. The second kappa shape index (κ2) is 5.16. The predicted molar refractivity (Wildman–Crippen MR) is 69.8 cm³/mol. The Labute approximate surface area is 112 Å². The molecule has 0 heterocycles. The molecule has 106 valence electrons. The third kappa shape index (κ3) is 2.56. The summed E-state index contributed by atoms with van der Waals surface area (Å²) in [5, 5.41) is 2.78. The number of hydrogen-bond donors (Lipinski definition) is 1. The molecule has 0 fully saturated rings. The van der Waals surface area contributed by atoms with Crippen LogP contribution < -0.4 is 5.32 Å². The summed E-state index contributed by atoms with van der Waals surface area (Å²) in [7, 11) is -2.17. The maximum Gasteiger partial charge on any atom is 0.338 e. The zero-order valence-corrected chi connectivity index (χ0v) is 12.2. The van der Waals surface area contributed by atoms with Gasteiger partial charge in [-0.1, -0.05) is 0 Å². The summed E-state index contributed by atoms with van der Waals surface area (Å²) in [5.41, 5.74) is 1.30. The molecule has 1 N–H and O–H groups in total. The van der Waals surface area contributed by atoms with Crippen molar-refractivity contribution in [2.45, 2.75) is 25.7 Å². The van der Waals surface area contributed by atoms with Crippen LogP contribution in [0.5, 0.6) is 0 Å². The van der Waals surface area contributed by atoms with Gasteiger partial charge in [0.15, 0.2) is 0 Å². The lowest BCUT2D eigenvalue weighted by Gasteiger charge is -2.18. The molecule has 0 spiro atoms. The van der Waals surface area contributed by atoms with E-state index in [1.807, 2.05) is 0 Å². The van der Waals surface area contributed by atoms with Crippen LogP contribution in [0.1, 0.15) is 27.0 Å². The fourth-order valence-corrected chi connectivity index (χ4v) is 3.28. The molecule has 1 aromatic carbocycles. The molecule has 0 aromatic heterocycles. The molecule has 0 radical (unpaired) electrons. The fourth-order valence-electron chi connectivity index (χ4n) is 2.34. The zero-order valence-electron chi connectivity index (χ0n) is 11.4. The highest BCUT2D eigenvalue weighted by Gasteiger charge is 2.28. The smallest absolute Gasteiger partial charge is 0.338 e. The van der Waals surface area contributed by atoms with Gasteiger partial charge in [0.25, 0.3) is 0 Å². The van der Waals surface area contributed by atoms with Crippen LogP contribution in [0, 0.1) is 20.8 Å². The molecule has 5 nitrogen and oxygen atoms in total. The van der Waals surface area contributed by atoms with Gasteiger partial charge in [0.1, 0.15) is 4.90 Å². The van der Waals surface area contributed by atoms with Gasteiger partial charge in [0.05, 0.1) is 12.7 Å². The molecule has 0 unspecified atom stereocenters. The van der Waals surface area contributed by atoms with Crippen LogP contribution in [0.15, 0.2) is 4.90 Å². The summed E-state index contributed by atoms with van der Waals surface area (Å²) in [6, 6.07) is 0. The van der Waals surface area contributed by atoms with Gasteiger partial charge in [-0.2, -0.15) is 8.42 Å². The summed E-state index contributed by atoms with van der Waals surface area (Å²) in [4.78, 5) is 11.3. The van der Waals surface area contributed by atoms with Crippen molar-refractivity contribution < 1.29 is 21.8 Å². The minimum atomic E-state index is -4.93. The summed E-state index contributed by atoms with van der Waals surface area (Å²) in [5.74, 6) is -0.698. The van der Waals surface area contributed by atoms with Crippen molar-refractivity contribution in [1.29, 1.82) is 0 Å². The molecule has 0 aliphatic heterocycles. The van der Waals surface area contributed by atoms with E-state index in [1.54, 1.807) is 14.0 Å². The second-order valence-corrected chi connectivity index (χ2v) is 5.42. The average molecular weight is 289 g/mol. The van der Waals surface area contributed by atoms with Crippen molar-refractivity contribution in [3.63, 3.8) is 0 Å². The Morgan fingerprint density at radius 2 is 1.68 bits per heavy atom. The first-order chi connectivity index (χ1) is 8.66. The quantitative estimate of drug-likeness (QED) is 0.681. The largest absolute Gasteiger partial charge is 0.465 e. The first kappa shape index (κ1) is 15.4. The van der Waals surface area contributed by atoms with Crippen LogP contribution in [-0.4, -0.2) is 28.5 Å². The minimum absolute atomic E-state index is 0.0587. The van der Waals surface area contributed by atoms with Gasteiger partial charge < -0.3 is 10.1 Å². The van der Waals surface area contributed by atoms with E-state index >= 15 is 0 Å². The van der Waals surface area contributed by atoms with Crippen LogP contribution in [0.2, 0.25) is 0 Å². The molecule has 7 heteroatoms. The Kier molecular flexibility index (Phi) is 4.19. The van der Waals surface area contributed by atoms with Crippen molar-refractivity contribution in [3.05, 3.63) is 22.3 Å². The van der Waals surface area contributed by atoms with Gasteiger partial charge in [-0.05, 0) is 37.5 Å². The van der Waals surface area contributed by atoms with Crippen LogP contribution in [0.3, 0.4) is 0 Å². The monoisotopic (exact) mass is 289 g/mol. The molecule has 1 aromatic rings. The minimum Gasteiger partial charge on any atom is -0.465 e. The Morgan fingerprint density at radius 1 is 1.16 bits per heavy atom. The Bertz CT molecular complexity index is 638. The van der Waals surface area contributed by atoms with E-state index in [4.69, 9.17) is 0 Å². The SMILES string of the molecule is CNc1c(C)c(C(=O)OC)c(C)c(S(=O)(=O)F)c1C. The van der Waals surface area contributed by atoms with Crippen LogP contribution in [-0.2, 0) is 15.0 Å². The van der Waals surface area contributed by atoms with Gasteiger partial charge in [-0.3, -0.25) is 0 Å². The van der Waals surface area contributed by atoms with E-state index in [9.17, 15) is 17.1 Å². The number of carbonyl (C=O) groups excluding carboxylic acids is 1. The standard InChI is InChI=1S/C12H16FNO4S/c1-6-9(12(15)18-5)7(2)11(19(13,16)17)8(3)10(6)14-4/h14H,1-5H3. The maximum atomic E-state index is 13.4. The number of ether oxygens (including phenoxy) is 1. The number of benzene rings is 1. The second-order valence-electron chi connectivity index (χ2n) is 4.13. The molecule has 0 aliphatic rings. The number of halogens is 1. The molecular weight excluding hydrogens is 273 g/mol. The zero-order chi connectivity index (χ0) is 15.0. The first-order valence-electron chi connectivity index (χ1n) is 5.51. The van der Waals surface area contributed by atoms with E-state index in [2.05, 4.69) is 10.1 Å². The van der Waals surface area contributed by atoms with Gasteiger partial charge in [0, 0.05) is 12.7 Å².